The molecule has 1 heterocycles. The van der Waals surface area contributed by atoms with Crippen molar-refractivity contribution in [3.8, 4) is 0 Å². The number of likely N-dealkylation sites (N-methyl/N-ethyl adjacent to an activating group) is 2. The minimum atomic E-state index is -0.410. The van der Waals surface area contributed by atoms with Gasteiger partial charge in [0.1, 0.15) is 5.00 Å². The van der Waals surface area contributed by atoms with E-state index in [1.54, 1.807) is 16.8 Å². The second kappa shape index (κ2) is 10.0. The Kier molecular flexibility index (Phi) is 8.00. The van der Waals surface area contributed by atoms with Crippen molar-refractivity contribution in [3.05, 3.63) is 16.0 Å². The van der Waals surface area contributed by atoms with Gasteiger partial charge in [-0.2, -0.15) is 0 Å². The highest BCUT2D eigenvalue weighted by Gasteiger charge is 2.29. The Hall–Kier alpha value is -1.93. The van der Waals surface area contributed by atoms with E-state index in [0.717, 1.165) is 29.7 Å². The van der Waals surface area contributed by atoms with E-state index in [4.69, 9.17) is 4.74 Å². The van der Waals surface area contributed by atoms with Crippen LogP contribution < -0.4 is 5.32 Å². The molecule has 7 nitrogen and oxygen atoms in total. The van der Waals surface area contributed by atoms with Gasteiger partial charge in [0.2, 0.25) is 11.8 Å². The van der Waals surface area contributed by atoms with E-state index in [1.807, 2.05) is 13.8 Å². The van der Waals surface area contributed by atoms with Crippen LogP contribution in [0.15, 0.2) is 0 Å². The van der Waals surface area contributed by atoms with Crippen LogP contribution in [0.1, 0.15) is 48.0 Å². The summed E-state index contributed by atoms with van der Waals surface area (Å²) < 4.78 is 4.95. The highest BCUT2D eigenvalue weighted by atomic mass is 32.1. The number of anilines is 1. The molecule has 1 N–H and O–H groups in total. The van der Waals surface area contributed by atoms with Crippen molar-refractivity contribution in [2.24, 2.45) is 5.92 Å². The number of carbonyl (C=O) groups excluding carboxylic acids is 3. The molecule has 1 aliphatic carbocycles. The Morgan fingerprint density at radius 1 is 1.21 bits per heavy atom. The predicted octanol–water partition coefficient (Wildman–Crippen LogP) is 2.40. The minimum absolute atomic E-state index is 0.00359. The zero-order valence-electron chi connectivity index (χ0n) is 17.5. The molecule has 0 unspecified atom stereocenters. The van der Waals surface area contributed by atoms with E-state index < -0.39 is 5.97 Å². The fraction of sp³-hybridized carbons (Fsp3) is 0.650. The molecule has 0 saturated heterocycles. The Bertz CT molecular complexity index is 727. The number of fused-ring (bicyclic) bond motifs is 1. The van der Waals surface area contributed by atoms with Crippen molar-refractivity contribution in [2.45, 2.75) is 40.0 Å². The summed E-state index contributed by atoms with van der Waals surface area (Å²) in [6, 6.07) is 0. The average Bonchev–Trinajstić information content (AvgIpc) is 2.98. The lowest BCUT2D eigenvalue weighted by molar-refractivity contribution is -0.132. The van der Waals surface area contributed by atoms with Crippen LogP contribution in [0.2, 0.25) is 0 Å². The molecule has 0 bridgehead atoms. The number of amides is 2. The summed E-state index contributed by atoms with van der Waals surface area (Å²) in [5.74, 6) is -0.0902. The van der Waals surface area contributed by atoms with Crippen LogP contribution in [-0.4, -0.2) is 67.9 Å². The van der Waals surface area contributed by atoms with Gasteiger partial charge in [0.25, 0.3) is 0 Å². The summed E-state index contributed by atoms with van der Waals surface area (Å²) in [4.78, 5) is 41.6. The Morgan fingerprint density at radius 3 is 2.50 bits per heavy atom. The molecule has 0 saturated carbocycles. The minimum Gasteiger partial charge on any atom is -0.465 e. The van der Waals surface area contributed by atoms with E-state index in [9.17, 15) is 14.4 Å². The zero-order valence-corrected chi connectivity index (χ0v) is 18.3. The Balaban J connectivity index is 2.07. The van der Waals surface area contributed by atoms with Crippen molar-refractivity contribution in [1.82, 2.24) is 9.80 Å². The summed E-state index contributed by atoms with van der Waals surface area (Å²) in [5, 5.41) is 3.43. The van der Waals surface area contributed by atoms with Gasteiger partial charge in [-0.1, -0.05) is 6.92 Å². The molecule has 0 radical (unpaired) electrons. The predicted molar refractivity (Wildman–Crippen MR) is 111 cm³/mol. The van der Waals surface area contributed by atoms with Crippen LogP contribution in [0, 0.1) is 5.92 Å². The number of carbonyl (C=O) groups is 3. The third-order valence-electron chi connectivity index (χ3n) is 5.09. The Morgan fingerprint density at radius 2 is 1.89 bits per heavy atom. The third-order valence-corrected chi connectivity index (χ3v) is 6.26. The second-order valence-electron chi connectivity index (χ2n) is 7.33. The fourth-order valence-corrected chi connectivity index (χ4v) is 4.95. The SMILES string of the molecule is CCN(CC)C(=O)CN(C)CC(=O)Nc1sc2c(c1C(=O)OC)CC[C@@H](C)C2. The number of nitrogens with one attached hydrogen (secondary N) is 1. The number of esters is 1. The number of rotatable bonds is 8. The van der Waals surface area contributed by atoms with Gasteiger partial charge < -0.3 is 15.0 Å². The fourth-order valence-electron chi connectivity index (χ4n) is 3.53. The molecule has 8 heteroatoms. The van der Waals surface area contributed by atoms with E-state index in [2.05, 4.69) is 12.2 Å². The van der Waals surface area contributed by atoms with E-state index in [1.165, 1.54) is 18.4 Å². The number of ether oxygens (including phenoxy) is 1. The number of hydrogen-bond acceptors (Lipinski definition) is 6. The first-order valence-electron chi connectivity index (χ1n) is 9.79. The van der Waals surface area contributed by atoms with Crippen molar-refractivity contribution in [2.75, 3.05) is 45.7 Å². The molecule has 2 rings (SSSR count). The van der Waals surface area contributed by atoms with Gasteiger partial charge in [0.15, 0.2) is 0 Å². The maximum absolute atomic E-state index is 12.5. The summed E-state index contributed by atoms with van der Waals surface area (Å²) >= 11 is 1.46. The molecule has 0 aliphatic heterocycles. The zero-order chi connectivity index (χ0) is 20.8. The van der Waals surface area contributed by atoms with E-state index in [0.29, 0.717) is 29.6 Å². The average molecular weight is 410 g/mol. The highest BCUT2D eigenvalue weighted by Crippen LogP contribution is 2.39. The van der Waals surface area contributed by atoms with Crippen LogP contribution in [-0.2, 0) is 27.2 Å². The third kappa shape index (κ3) is 5.32. The first-order valence-corrected chi connectivity index (χ1v) is 10.6. The standard InChI is InChI=1S/C20H31N3O4S/c1-6-23(7-2)17(25)12-22(4)11-16(24)21-19-18(20(26)27-5)14-9-8-13(3)10-15(14)28-19/h13H,6-12H2,1-5H3,(H,21,24)/t13-/m1/s1. The highest BCUT2D eigenvalue weighted by molar-refractivity contribution is 7.17. The molecule has 1 aliphatic rings. The van der Waals surface area contributed by atoms with Crippen molar-refractivity contribution >= 4 is 34.1 Å². The number of thiophene rings is 1. The van der Waals surface area contributed by atoms with Crippen molar-refractivity contribution < 1.29 is 19.1 Å². The molecule has 0 spiro atoms. The molecule has 1 aromatic heterocycles. The maximum atomic E-state index is 12.5. The molecular formula is C20H31N3O4S. The molecule has 2 amide bonds. The van der Waals surface area contributed by atoms with E-state index >= 15 is 0 Å². The van der Waals surface area contributed by atoms with Crippen LogP contribution in [0.25, 0.3) is 0 Å². The largest absolute Gasteiger partial charge is 0.465 e. The van der Waals surface area contributed by atoms with Crippen LogP contribution in [0.5, 0.6) is 0 Å². The van der Waals surface area contributed by atoms with Gasteiger partial charge in [-0.25, -0.2) is 4.79 Å². The first-order chi connectivity index (χ1) is 13.3. The lowest BCUT2D eigenvalue weighted by Gasteiger charge is -2.22. The molecule has 1 aromatic rings. The smallest absolute Gasteiger partial charge is 0.341 e. The quantitative estimate of drug-likeness (QED) is 0.667. The lowest BCUT2D eigenvalue weighted by Crippen LogP contribution is -2.41. The molecule has 28 heavy (non-hydrogen) atoms. The summed E-state index contributed by atoms with van der Waals surface area (Å²) in [7, 11) is 3.10. The second-order valence-corrected chi connectivity index (χ2v) is 8.44. The summed E-state index contributed by atoms with van der Waals surface area (Å²) in [6.07, 6.45) is 2.76. The molecule has 156 valence electrons. The molecule has 0 fully saturated rings. The topological polar surface area (TPSA) is 79.0 Å². The van der Waals surface area contributed by atoms with Gasteiger partial charge in [0, 0.05) is 18.0 Å². The monoisotopic (exact) mass is 409 g/mol. The summed E-state index contributed by atoms with van der Waals surface area (Å²) in [5.41, 5.74) is 1.50. The molecular weight excluding hydrogens is 378 g/mol. The molecule has 0 aromatic carbocycles. The normalized spacial score (nSPS) is 15.9. The van der Waals surface area contributed by atoms with Gasteiger partial charge >= 0.3 is 5.97 Å². The number of hydrogen-bond donors (Lipinski definition) is 1. The van der Waals surface area contributed by atoms with E-state index in [-0.39, 0.29) is 24.9 Å². The first kappa shape index (κ1) is 22.4. The van der Waals surface area contributed by atoms with Gasteiger partial charge in [0.05, 0.1) is 25.8 Å². The Labute approximate surface area is 171 Å². The van der Waals surface area contributed by atoms with Gasteiger partial charge in [-0.05, 0) is 51.6 Å². The van der Waals surface area contributed by atoms with Gasteiger partial charge in [-0.15, -0.1) is 11.3 Å². The summed E-state index contributed by atoms with van der Waals surface area (Å²) in [6.45, 7) is 7.61. The van der Waals surface area contributed by atoms with Crippen LogP contribution >= 0.6 is 11.3 Å². The van der Waals surface area contributed by atoms with Crippen LogP contribution in [0.4, 0.5) is 5.00 Å². The molecule has 1 atom stereocenters. The number of methoxy groups -OCH3 is 1. The lowest BCUT2D eigenvalue weighted by atomic mass is 9.88. The van der Waals surface area contributed by atoms with Crippen molar-refractivity contribution in [3.63, 3.8) is 0 Å². The van der Waals surface area contributed by atoms with Crippen LogP contribution in [0.3, 0.4) is 0 Å². The maximum Gasteiger partial charge on any atom is 0.341 e. The van der Waals surface area contributed by atoms with Gasteiger partial charge in [-0.3, -0.25) is 14.5 Å². The number of nitrogens with zero attached hydrogens (tertiary/aromatic N) is 2. The van der Waals surface area contributed by atoms with Crippen molar-refractivity contribution in [1.29, 1.82) is 0 Å².